The maximum absolute atomic E-state index is 14.3. The minimum absolute atomic E-state index is 0.722. The molecule has 0 aliphatic rings. The van der Waals surface area contributed by atoms with E-state index in [9.17, 15) is 9.13 Å². The van der Waals surface area contributed by atoms with Gasteiger partial charge in [-0.15, -0.1) is 0 Å². The molecule has 0 N–H and O–H groups in total. The lowest BCUT2D eigenvalue weighted by Crippen LogP contribution is -2.16. The number of hydrogen-bond donors (Lipinski definition) is 0. The molecule has 4 rings (SSSR count). The van der Waals surface area contributed by atoms with Gasteiger partial charge < -0.3 is 9.13 Å². The Morgan fingerprint density at radius 2 is 0.567 bits per heavy atom. The van der Waals surface area contributed by atoms with Crippen LogP contribution in [0.4, 0.5) is 0 Å². The van der Waals surface area contributed by atoms with E-state index in [1.54, 1.807) is 11.6 Å². The molecule has 0 spiro atoms. The van der Waals surface area contributed by atoms with Crippen LogP contribution in [0.2, 0.25) is 0 Å². The Balaban J connectivity index is 1.90. The van der Waals surface area contributed by atoms with Gasteiger partial charge in [-0.2, -0.15) is 0 Å². The van der Waals surface area contributed by atoms with Crippen LogP contribution >= 0.6 is 14.3 Å². The van der Waals surface area contributed by atoms with Gasteiger partial charge in [0, 0.05) is 21.2 Å². The summed E-state index contributed by atoms with van der Waals surface area (Å²) in [6.45, 7) is 0. The van der Waals surface area contributed by atoms with Crippen LogP contribution in [-0.4, -0.2) is 0 Å². The fourth-order valence-electron chi connectivity index (χ4n) is 3.43. The summed E-state index contributed by atoms with van der Waals surface area (Å²) in [6.07, 6.45) is 0. The SMILES string of the molecule is O=P(C=CP(=O)(c1ccccc1)c1ccccc1)(c1ccccc1)c1ccccc1. The lowest BCUT2D eigenvalue weighted by molar-refractivity contribution is 0.590. The minimum Gasteiger partial charge on any atom is -0.309 e. The van der Waals surface area contributed by atoms with Gasteiger partial charge in [-0.3, -0.25) is 0 Å². The summed E-state index contributed by atoms with van der Waals surface area (Å²) in [5.41, 5.74) is 0. The van der Waals surface area contributed by atoms with Crippen molar-refractivity contribution in [2.45, 2.75) is 0 Å². The van der Waals surface area contributed by atoms with E-state index in [2.05, 4.69) is 0 Å². The molecule has 0 heterocycles. The van der Waals surface area contributed by atoms with Crippen molar-refractivity contribution in [3.63, 3.8) is 0 Å². The van der Waals surface area contributed by atoms with Crippen molar-refractivity contribution in [2.24, 2.45) is 0 Å². The smallest absolute Gasteiger partial charge is 0.164 e. The quantitative estimate of drug-likeness (QED) is 0.381. The third-order valence-electron chi connectivity index (χ3n) is 5.05. The van der Waals surface area contributed by atoms with Crippen LogP contribution < -0.4 is 21.2 Å². The Labute approximate surface area is 177 Å². The van der Waals surface area contributed by atoms with Crippen LogP contribution in [-0.2, 0) is 9.13 Å². The highest BCUT2D eigenvalue weighted by atomic mass is 31.2. The Morgan fingerprint density at radius 1 is 0.367 bits per heavy atom. The first-order valence-electron chi connectivity index (χ1n) is 9.75. The second-order valence-electron chi connectivity index (χ2n) is 6.96. The van der Waals surface area contributed by atoms with Crippen molar-refractivity contribution in [3.05, 3.63) is 133 Å². The van der Waals surface area contributed by atoms with Gasteiger partial charge in [-0.25, -0.2) is 0 Å². The van der Waals surface area contributed by atoms with E-state index in [0.717, 1.165) is 21.2 Å². The molecular weight excluding hydrogens is 406 g/mol. The molecule has 30 heavy (non-hydrogen) atoms. The number of rotatable bonds is 6. The Bertz CT molecular complexity index is 1030. The minimum atomic E-state index is -3.11. The molecule has 0 saturated heterocycles. The maximum atomic E-state index is 14.3. The fourth-order valence-corrected chi connectivity index (χ4v) is 8.68. The molecule has 0 aliphatic carbocycles. The van der Waals surface area contributed by atoms with Gasteiger partial charge in [0.15, 0.2) is 14.3 Å². The molecule has 148 valence electrons. The lowest BCUT2D eigenvalue weighted by Gasteiger charge is -2.19. The third kappa shape index (κ3) is 4.03. The van der Waals surface area contributed by atoms with Crippen LogP contribution in [0, 0.1) is 0 Å². The predicted molar refractivity (Wildman–Crippen MR) is 129 cm³/mol. The molecule has 0 atom stereocenters. The first kappa shape index (κ1) is 20.4. The fraction of sp³-hybridized carbons (Fsp3) is 0. The molecule has 4 heteroatoms. The van der Waals surface area contributed by atoms with Gasteiger partial charge in [0.25, 0.3) is 0 Å². The Morgan fingerprint density at radius 3 is 0.767 bits per heavy atom. The van der Waals surface area contributed by atoms with Gasteiger partial charge in [-0.1, -0.05) is 121 Å². The topological polar surface area (TPSA) is 34.1 Å². The zero-order chi connectivity index (χ0) is 20.9. The zero-order valence-corrected chi connectivity index (χ0v) is 18.2. The summed E-state index contributed by atoms with van der Waals surface area (Å²) in [5.74, 6) is 3.36. The average Bonchev–Trinajstić information content (AvgIpc) is 2.84. The summed E-state index contributed by atoms with van der Waals surface area (Å²) in [7, 11) is -6.23. The van der Waals surface area contributed by atoms with Gasteiger partial charge in [-0.05, 0) is 11.6 Å². The second kappa shape index (κ2) is 8.84. The van der Waals surface area contributed by atoms with E-state index < -0.39 is 14.3 Å². The normalized spacial score (nSPS) is 12.1. The third-order valence-corrected chi connectivity index (χ3v) is 10.7. The van der Waals surface area contributed by atoms with E-state index in [1.807, 2.05) is 121 Å². The van der Waals surface area contributed by atoms with Gasteiger partial charge >= 0.3 is 0 Å². The van der Waals surface area contributed by atoms with Gasteiger partial charge in [0.05, 0.1) is 0 Å². The van der Waals surface area contributed by atoms with Crippen molar-refractivity contribution in [3.8, 4) is 0 Å². The Kier molecular flexibility index (Phi) is 6.00. The summed E-state index contributed by atoms with van der Waals surface area (Å²) >= 11 is 0. The standard InChI is InChI=1S/C26H22O2P2/c27-29(23-13-5-1-6-14-23,24-15-7-2-8-16-24)21-22-30(28,25-17-9-3-10-18-25)26-19-11-4-12-20-26/h1-22H. The molecule has 4 aromatic carbocycles. The summed E-state index contributed by atoms with van der Waals surface area (Å²) in [4.78, 5) is 0. The molecule has 0 bridgehead atoms. The molecular formula is C26H22O2P2. The van der Waals surface area contributed by atoms with E-state index in [1.165, 1.54) is 0 Å². The monoisotopic (exact) mass is 428 g/mol. The second-order valence-corrected chi connectivity index (χ2v) is 12.3. The van der Waals surface area contributed by atoms with Crippen molar-refractivity contribution in [1.82, 2.24) is 0 Å². The molecule has 0 radical (unpaired) electrons. The molecule has 0 amide bonds. The average molecular weight is 428 g/mol. The molecule has 0 unspecified atom stereocenters. The molecule has 0 aromatic heterocycles. The van der Waals surface area contributed by atoms with Gasteiger partial charge in [0.2, 0.25) is 0 Å². The molecule has 2 nitrogen and oxygen atoms in total. The summed E-state index contributed by atoms with van der Waals surface area (Å²) < 4.78 is 28.6. The maximum Gasteiger partial charge on any atom is 0.164 e. The van der Waals surface area contributed by atoms with Crippen LogP contribution in [0.3, 0.4) is 0 Å². The van der Waals surface area contributed by atoms with Crippen LogP contribution in [0.1, 0.15) is 0 Å². The van der Waals surface area contributed by atoms with Crippen molar-refractivity contribution in [2.75, 3.05) is 0 Å². The predicted octanol–water partition coefficient (Wildman–Crippen LogP) is 5.49. The van der Waals surface area contributed by atoms with E-state index in [-0.39, 0.29) is 0 Å². The first-order chi connectivity index (χ1) is 14.6. The van der Waals surface area contributed by atoms with Crippen LogP contribution in [0.25, 0.3) is 0 Å². The largest absolute Gasteiger partial charge is 0.309 e. The molecule has 0 fully saturated rings. The summed E-state index contributed by atoms with van der Waals surface area (Å²) in [5, 5.41) is 2.89. The van der Waals surface area contributed by atoms with Crippen molar-refractivity contribution >= 4 is 35.5 Å². The van der Waals surface area contributed by atoms with Crippen molar-refractivity contribution in [1.29, 1.82) is 0 Å². The zero-order valence-electron chi connectivity index (χ0n) is 16.4. The van der Waals surface area contributed by atoms with Crippen LogP contribution in [0.15, 0.2) is 133 Å². The van der Waals surface area contributed by atoms with E-state index in [4.69, 9.17) is 0 Å². The van der Waals surface area contributed by atoms with Crippen molar-refractivity contribution < 1.29 is 9.13 Å². The number of benzene rings is 4. The Hall–Kier alpha value is -2.92. The van der Waals surface area contributed by atoms with Crippen LogP contribution in [0.5, 0.6) is 0 Å². The highest BCUT2D eigenvalue weighted by Gasteiger charge is 2.29. The first-order valence-corrected chi connectivity index (χ1v) is 13.3. The molecule has 4 aromatic rings. The van der Waals surface area contributed by atoms with E-state index >= 15 is 0 Å². The molecule has 0 aliphatic heterocycles. The number of hydrogen-bond acceptors (Lipinski definition) is 2. The van der Waals surface area contributed by atoms with E-state index in [0.29, 0.717) is 0 Å². The highest BCUT2D eigenvalue weighted by Crippen LogP contribution is 2.52. The highest BCUT2D eigenvalue weighted by molar-refractivity contribution is 7.84. The lowest BCUT2D eigenvalue weighted by atomic mass is 10.4. The summed E-state index contributed by atoms with van der Waals surface area (Å²) in [6, 6.07) is 37.6. The van der Waals surface area contributed by atoms with Gasteiger partial charge in [0.1, 0.15) is 0 Å². The molecule has 0 saturated carbocycles.